The number of carbonyl (C=O) groups is 1. The molecule has 0 spiro atoms. The molecule has 164 valence electrons. The van der Waals surface area contributed by atoms with Gasteiger partial charge < -0.3 is 9.64 Å². The number of pyridine rings is 1. The van der Waals surface area contributed by atoms with E-state index in [0.717, 1.165) is 27.8 Å². The van der Waals surface area contributed by atoms with Crippen molar-refractivity contribution in [3.05, 3.63) is 77.5 Å². The van der Waals surface area contributed by atoms with Gasteiger partial charge in [-0.25, -0.2) is 13.4 Å². The molecule has 0 saturated carbocycles. The zero-order chi connectivity index (χ0) is 22.5. The number of ether oxygens (including phenoxy) is 1. The van der Waals surface area contributed by atoms with Gasteiger partial charge in [0.15, 0.2) is 9.84 Å². The molecule has 2 atom stereocenters. The molecule has 1 saturated heterocycles. The fourth-order valence-electron chi connectivity index (χ4n) is 4.87. The number of hydrogen-bond acceptors (Lipinski definition) is 5. The number of methoxy groups -OCH3 is 1. The fraction of sp³-hybridized carbons (Fsp3) is 0.280. The van der Waals surface area contributed by atoms with E-state index in [1.165, 1.54) is 0 Å². The molecule has 1 fully saturated rings. The van der Waals surface area contributed by atoms with Crippen LogP contribution in [0.5, 0.6) is 5.88 Å². The van der Waals surface area contributed by atoms with Gasteiger partial charge in [-0.05, 0) is 53.4 Å². The number of rotatable bonds is 4. The summed E-state index contributed by atoms with van der Waals surface area (Å²) in [5, 5.41) is -0.593. The summed E-state index contributed by atoms with van der Waals surface area (Å²) in [5.74, 6) is 0.236. The minimum absolute atomic E-state index is 0.0319. The molecule has 0 N–H and O–H groups in total. The predicted molar refractivity (Wildman–Crippen MR) is 121 cm³/mol. The summed E-state index contributed by atoms with van der Waals surface area (Å²) < 4.78 is 31.9. The third kappa shape index (κ3) is 3.28. The van der Waals surface area contributed by atoms with E-state index in [4.69, 9.17) is 4.74 Å². The number of aryl methyl sites for hydroxylation is 1. The highest BCUT2D eigenvalue weighted by Crippen LogP contribution is 2.46. The summed E-state index contributed by atoms with van der Waals surface area (Å²) in [6.07, 6.45) is 1.94. The Hall–Kier alpha value is -3.19. The molecule has 2 aliphatic heterocycles. The fourth-order valence-corrected chi connectivity index (χ4v) is 7.04. The second kappa shape index (κ2) is 7.74. The third-order valence-corrected chi connectivity index (χ3v) is 8.87. The van der Waals surface area contributed by atoms with Crippen molar-refractivity contribution in [1.82, 2.24) is 9.88 Å². The number of sulfone groups is 1. The molecule has 0 radical (unpaired) electrons. The first kappa shape index (κ1) is 20.7. The lowest BCUT2D eigenvalue weighted by Crippen LogP contribution is -2.33. The van der Waals surface area contributed by atoms with Crippen LogP contribution in [0.25, 0.3) is 11.1 Å². The molecule has 3 aromatic rings. The zero-order valence-electron chi connectivity index (χ0n) is 18.0. The SMILES string of the molecule is COc1ncccc1-c1ccc2c(c1)[C@H]1CN(C(=O)Cc3ccccc3C)C[C@H]1S2(=O)=O. The Labute approximate surface area is 187 Å². The maximum absolute atomic E-state index is 13.2. The van der Waals surface area contributed by atoms with Crippen molar-refractivity contribution in [2.24, 2.45) is 0 Å². The molecule has 32 heavy (non-hydrogen) atoms. The minimum atomic E-state index is -3.49. The van der Waals surface area contributed by atoms with E-state index in [2.05, 4.69) is 4.98 Å². The van der Waals surface area contributed by atoms with E-state index in [0.29, 0.717) is 17.3 Å². The molecule has 5 rings (SSSR count). The van der Waals surface area contributed by atoms with Gasteiger partial charge in [-0.15, -0.1) is 0 Å². The normalized spacial score (nSPS) is 20.6. The Morgan fingerprint density at radius 3 is 2.72 bits per heavy atom. The number of fused-ring (bicyclic) bond motifs is 3. The summed E-state index contributed by atoms with van der Waals surface area (Å²) in [4.78, 5) is 19.3. The van der Waals surface area contributed by atoms with E-state index in [9.17, 15) is 13.2 Å². The largest absolute Gasteiger partial charge is 0.481 e. The first-order valence-electron chi connectivity index (χ1n) is 10.6. The lowest BCUT2D eigenvalue weighted by atomic mass is 9.95. The summed E-state index contributed by atoms with van der Waals surface area (Å²) >= 11 is 0. The van der Waals surface area contributed by atoms with Crippen molar-refractivity contribution in [2.45, 2.75) is 29.4 Å². The average molecular weight is 449 g/mol. The quantitative estimate of drug-likeness (QED) is 0.612. The first-order valence-corrected chi connectivity index (χ1v) is 12.1. The van der Waals surface area contributed by atoms with E-state index in [1.54, 1.807) is 30.3 Å². The minimum Gasteiger partial charge on any atom is -0.481 e. The van der Waals surface area contributed by atoms with Crippen molar-refractivity contribution < 1.29 is 17.9 Å². The Morgan fingerprint density at radius 2 is 1.94 bits per heavy atom. The van der Waals surface area contributed by atoms with Crippen molar-refractivity contribution in [2.75, 3.05) is 20.2 Å². The van der Waals surface area contributed by atoms with Gasteiger partial charge in [0, 0.05) is 30.8 Å². The summed E-state index contributed by atoms with van der Waals surface area (Å²) in [7, 11) is -1.92. The predicted octanol–water partition coefficient (Wildman–Crippen LogP) is 3.39. The van der Waals surface area contributed by atoms with Crippen molar-refractivity contribution >= 4 is 15.7 Å². The number of likely N-dealkylation sites (tertiary alicyclic amines) is 1. The van der Waals surface area contributed by atoms with Gasteiger partial charge in [0.25, 0.3) is 0 Å². The summed E-state index contributed by atoms with van der Waals surface area (Å²) in [6.45, 7) is 2.63. The highest BCUT2D eigenvalue weighted by molar-refractivity contribution is 7.92. The first-order chi connectivity index (χ1) is 15.4. The lowest BCUT2D eigenvalue weighted by Gasteiger charge is -2.19. The number of carbonyl (C=O) groups excluding carboxylic acids is 1. The molecule has 1 aromatic heterocycles. The van der Waals surface area contributed by atoms with Gasteiger partial charge >= 0.3 is 0 Å². The van der Waals surface area contributed by atoms with Gasteiger partial charge in [-0.3, -0.25) is 4.79 Å². The van der Waals surface area contributed by atoms with Crippen molar-refractivity contribution in [3.63, 3.8) is 0 Å². The number of nitrogens with zero attached hydrogens (tertiary/aromatic N) is 2. The van der Waals surface area contributed by atoms with Gasteiger partial charge in [-0.1, -0.05) is 30.3 Å². The lowest BCUT2D eigenvalue weighted by molar-refractivity contribution is -0.129. The Kier molecular flexibility index (Phi) is 5.01. The maximum atomic E-state index is 13.2. The monoisotopic (exact) mass is 448 g/mol. The molecule has 0 bridgehead atoms. The molecule has 3 heterocycles. The van der Waals surface area contributed by atoms with Crippen LogP contribution in [-0.4, -0.2) is 49.7 Å². The second-order valence-electron chi connectivity index (χ2n) is 8.40. The van der Waals surface area contributed by atoms with Crippen LogP contribution in [0.3, 0.4) is 0 Å². The van der Waals surface area contributed by atoms with E-state index >= 15 is 0 Å². The number of amides is 1. The van der Waals surface area contributed by atoms with Crippen LogP contribution in [-0.2, 0) is 21.1 Å². The standard InChI is InChI=1S/C25H24N2O4S/c1-16-6-3-4-7-17(16)13-24(28)27-14-21-20-12-18(19-8-5-11-26-25(19)31-2)9-10-22(20)32(29,30)23(21)15-27/h3-12,21,23H,13-15H2,1-2H3/t21-,23-/m1/s1. The van der Waals surface area contributed by atoms with Gasteiger partial charge in [-0.2, -0.15) is 0 Å². The van der Waals surface area contributed by atoms with Gasteiger partial charge in [0.2, 0.25) is 11.8 Å². The van der Waals surface area contributed by atoms with E-state index in [1.807, 2.05) is 49.4 Å². The van der Waals surface area contributed by atoms with Crippen LogP contribution in [0.4, 0.5) is 0 Å². The summed E-state index contributed by atoms with van der Waals surface area (Å²) in [5.41, 5.74) is 4.49. The number of hydrogen-bond donors (Lipinski definition) is 0. The van der Waals surface area contributed by atoms with Crippen molar-refractivity contribution in [3.8, 4) is 17.0 Å². The molecule has 2 aliphatic rings. The van der Waals surface area contributed by atoms with Crippen LogP contribution in [0, 0.1) is 6.92 Å². The molecule has 0 aliphatic carbocycles. The van der Waals surface area contributed by atoms with Crippen LogP contribution >= 0.6 is 0 Å². The smallest absolute Gasteiger partial charge is 0.227 e. The van der Waals surface area contributed by atoms with Crippen LogP contribution in [0.1, 0.15) is 22.6 Å². The molecule has 2 aromatic carbocycles. The van der Waals surface area contributed by atoms with Gasteiger partial charge in [0.1, 0.15) is 0 Å². The average Bonchev–Trinajstić information content (AvgIpc) is 3.34. The highest BCUT2D eigenvalue weighted by Gasteiger charge is 2.51. The van der Waals surface area contributed by atoms with E-state index in [-0.39, 0.29) is 24.8 Å². The van der Waals surface area contributed by atoms with Crippen LogP contribution in [0.2, 0.25) is 0 Å². The maximum Gasteiger partial charge on any atom is 0.227 e. The number of aromatic nitrogens is 1. The highest BCUT2D eigenvalue weighted by atomic mass is 32.2. The summed E-state index contributed by atoms with van der Waals surface area (Å²) in [6, 6.07) is 16.9. The topological polar surface area (TPSA) is 76.6 Å². The molecule has 1 amide bonds. The Morgan fingerprint density at radius 1 is 1.12 bits per heavy atom. The number of benzene rings is 2. The van der Waals surface area contributed by atoms with Crippen LogP contribution < -0.4 is 4.74 Å². The second-order valence-corrected chi connectivity index (χ2v) is 10.5. The van der Waals surface area contributed by atoms with E-state index < -0.39 is 15.1 Å². The molecule has 7 heteroatoms. The Bertz CT molecular complexity index is 1320. The third-order valence-electron chi connectivity index (χ3n) is 6.61. The van der Waals surface area contributed by atoms with Crippen molar-refractivity contribution in [1.29, 1.82) is 0 Å². The Balaban J connectivity index is 1.46. The van der Waals surface area contributed by atoms with Gasteiger partial charge in [0.05, 0.1) is 23.7 Å². The molecule has 6 nitrogen and oxygen atoms in total. The molecular formula is C25H24N2O4S. The molecular weight excluding hydrogens is 424 g/mol. The zero-order valence-corrected chi connectivity index (χ0v) is 18.8. The molecule has 0 unspecified atom stereocenters. The van der Waals surface area contributed by atoms with Crippen LogP contribution in [0.15, 0.2) is 65.7 Å².